The second kappa shape index (κ2) is 9.55. The molecule has 0 radical (unpaired) electrons. The molecule has 1 fully saturated rings. The molecule has 0 unspecified atom stereocenters. The molecule has 6 heteroatoms. The van der Waals surface area contributed by atoms with Gasteiger partial charge in [0.25, 0.3) is 0 Å². The summed E-state index contributed by atoms with van der Waals surface area (Å²) in [6.45, 7) is 3.66. The Bertz CT molecular complexity index is 1130. The molecular weight excluding hydrogens is 425 g/mol. The van der Waals surface area contributed by atoms with Crippen molar-refractivity contribution >= 4 is 34.0 Å². The molecule has 1 aliphatic carbocycles. The van der Waals surface area contributed by atoms with Gasteiger partial charge in [0.1, 0.15) is 5.82 Å². The first-order valence-electron chi connectivity index (χ1n) is 11.3. The number of rotatable bonds is 6. The minimum atomic E-state index is -0.338. The van der Waals surface area contributed by atoms with Crippen LogP contribution in [0.25, 0.3) is 22.0 Å². The molecule has 1 saturated carbocycles. The maximum absolute atomic E-state index is 14.4. The van der Waals surface area contributed by atoms with Crippen LogP contribution in [0.4, 0.5) is 10.1 Å². The molecule has 1 aliphatic rings. The first-order chi connectivity index (χ1) is 15.4. The standard InChI is InChI=1S/C26H29ClFN3O/c1-3-4-25(32)21-14-30-24-10-5-16(17-12-22(27)15(2)23(28)13-17)11-20(24)26(21)31-19-8-6-18(29)7-9-19/h5,10-14,18-19H,3-4,6-9,29H2,1-2H3,(H,30,31)/t18-,19-. The number of carbonyl (C=O) groups excluding carboxylic acids is 1. The number of fused-ring (bicyclic) bond motifs is 1. The van der Waals surface area contributed by atoms with Crippen molar-refractivity contribution < 1.29 is 9.18 Å². The van der Waals surface area contributed by atoms with Gasteiger partial charge in [0.2, 0.25) is 0 Å². The number of hydrogen-bond acceptors (Lipinski definition) is 4. The number of pyridine rings is 1. The maximum atomic E-state index is 14.4. The molecule has 168 valence electrons. The summed E-state index contributed by atoms with van der Waals surface area (Å²) in [5.74, 6) is -0.263. The largest absolute Gasteiger partial charge is 0.381 e. The van der Waals surface area contributed by atoms with E-state index in [0.717, 1.165) is 54.3 Å². The lowest BCUT2D eigenvalue weighted by Crippen LogP contribution is -2.33. The summed E-state index contributed by atoms with van der Waals surface area (Å²) in [6.07, 6.45) is 6.78. The third-order valence-corrected chi connectivity index (χ3v) is 6.77. The van der Waals surface area contributed by atoms with Gasteiger partial charge in [0.15, 0.2) is 5.78 Å². The average Bonchev–Trinajstić information content (AvgIpc) is 2.78. The summed E-state index contributed by atoms with van der Waals surface area (Å²) in [4.78, 5) is 17.5. The van der Waals surface area contributed by atoms with Crippen LogP contribution in [0.15, 0.2) is 36.5 Å². The number of Topliss-reactive ketones (excluding diaryl/α,β-unsaturated/α-hetero) is 1. The zero-order valence-electron chi connectivity index (χ0n) is 18.6. The van der Waals surface area contributed by atoms with E-state index in [9.17, 15) is 9.18 Å². The zero-order chi connectivity index (χ0) is 22.8. The second-order valence-corrected chi connectivity index (χ2v) is 9.18. The first-order valence-corrected chi connectivity index (χ1v) is 11.7. The SMILES string of the molecule is CCCC(=O)c1cnc2ccc(-c3cc(F)c(C)c(Cl)c3)cc2c1N[C@H]1CC[C@H](N)CC1. The molecule has 32 heavy (non-hydrogen) atoms. The quantitative estimate of drug-likeness (QED) is 0.409. The van der Waals surface area contributed by atoms with Crippen molar-refractivity contribution in [2.45, 2.75) is 64.5 Å². The number of anilines is 1. The topological polar surface area (TPSA) is 68.0 Å². The van der Waals surface area contributed by atoms with Gasteiger partial charge in [-0.25, -0.2) is 4.39 Å². The summed E-state index contributed by atoms with van der Waals surface area (Å²) < 4.78 is 14.4. The summed E-state index contributed by atoms with van der Waals surface area (Å²) in [5, 5.41) is 4.89. The molecule has 3 aromatic rings. The summed E-state index contributed by atoms with van der Waals surface area (Å²) in [6, 6.07) is 9.56. The van der Waals surface area contributed by atoms with Gasteiger partial charge in [0.05, 0.1) is 16.8 Å². The zero-order valence-corrected chi connectivity index (χ0v) is 19.3. The fourth-order valence-corrected chi connectivity index (χ4v) is 4.59. The van der Waals surface area contributed by atoms with Gasteiger partial charge in [-0.15, -0.1) is 0 Å². The molecule has 0 amide bonds. The molecule has 3 N–H and O–H groups in total. The Kier molecular flexibility index (Phi) is 6.77. The van der Waals surface area contributed by atoms with E-state index in [1.807, 2.05) is 25.1 Å². The Morgan fingerprint density at radius 1 is 1.19 bits per heavy atom. The highest BCUT2D eigenvalue weighted by atomic mass is 35.5. The molecule has 0 saturated heterocycles. The second-order valence-electron chi connectivity index (χ2n) is 8.77. The van der Waals surface area contributed by atoms with Gasteiger partial charge >= 0.3 is 0 Å². The Hall–Kier alpha value is -2.50. The highest BCUT2D eigenvalue weighted by molar-refractivity contribution is 6.31. The summed E-state index contributed by atoms with van der Waals surface area (Å²) in [7, 11) is 0. The van der Waals surface area contributed by atoms with Crippen molar-refractivity contribution in [2.75, 3.05) is 5.32 Å². The van der Waals surface area contributed by atoms with Crippen LogP contribution in [0.3, 0.4) is 0 Å². The molecule has 0 atom stereocenters. The number of nitrogens with one attached hydrogen (secondary N) is 1. The van der Waals surface area contributed by atoms with E-state index < -0.39 is 0 Å². The monoisotopic (exact) mass is 453 g/mol. The number of nitrogens with zero attached hydrogens (tertiary/aromatic N) is 1. The van der Waals surface area contributed by atoms with Crippen LogP contribution in [0.5, 0.6) is 0 Å². The molecule has 1 aromatic heterocycles. The van der Waals surface area contributed by atoms with Crippen LogP contribution in [-0.4, -0.2) is 22.9 Å². The normalized spacial score (nSPS) is 18.7. The van der Waals surface area contributed by atoms with Crippen molar-refractivity contribution in [3.63, 3.8) is 0 Å². The third kappa shape index (κ3) is 4.64. The lowest BCUT2D eigenvalue weighted by Gasteiger charge is -2.29. The van der Waals surface area contributed by atoms with E-state index in [1.165, 1.54) is 6.07 Å². The van der Waals surface area contributed by atoms with Crippen molar-refractivity contribution in [3.8, 4) is 11.1 Å². The Morgan fingerprint density at radius 3 is 2.62 bits per heavy atom. The van der Waals surface area contributed by atoms with Crippen LogP contribution in [0, 0.1) is 12.7 Å². The number of benzene rings is 2. The minimum Gasteiger partial charge on any atom is -0.381 e. The van der Waals surface area contributed by atoms with E-state index in [4.69, 9.17) is 17.3 Å². The predicted octanol–water partition coefficient (Wildman–Crippen LogP) is 6.67. The lowest BCUT2D eigenvalue weighted by atomic mass is 9.91. The van der Waals surface area contributed by atoms with Gasteiger partial charge in [0, 0.05) is 40.7 Å². The molecule has 1 heterocycles. The minimum absolute atomic E-state index is 0.0757. The number of carbonyl (C=O) groups is 1. The molecule has 0 spiro atoms. The smallest absolute Gasteiger partial charge is 0.166 e. The molecule has 0 aliphatic heterocycles. The van der Waals surface area contributed by atoms with Crippen molar-refractivity contribution in [2.24, 2.45) is 5.73 Å². The van der Waals surface area contributed by atoms with Gasteiger partial charge in [-0.2, -0.15) is 0 Å². The van der Waals surface area contributed by atoms with E-state index in [2.05, 4.69) is 10.3 Å². The highest BCUT2D eigenvalue weighted by Gasteiger charge is 2.22. The first kappa shape index (κ1) is 22.7. The van der Waals surface area contributed by atoms with E-state index in [-0.39, 0.29) is 23.7 Å². The molecule has 2 aromatic carbocycles. The van der Waals surface area contributed by atoms with Gasteiger partial charge in [-0.3, -0.25) is 9.78 Å². The van der Waals surface area contributed by atoms with Crippen LogP contribution >= 0.6 is 11.6 Å². The lowest BCUT2D eigenvalue weighted by molar-refractivity contribution is 0.0982. The van der Waals surface area contributed by atoms with Crippen molar-refractivity contribution in [1.29, 1.82) is 0 Å². The molecule has 4 rings (SSSR count). The molecule has 4 nitrogen and oxygen atoms in total. The van der Waals surface area contributed by atoms with E-state index in [0.29, 0.717) is 28.1 Å². The van der Waals surface area contributed by atoms with Crippen LogP contribution in [0.2, 0.25) is 5.02 Å². The van der Waals surface area contributed by atoms with E-state index in [1.54, 1.807) is 19.2 Å². The summed E-state index contributed by atoms with van der Waals surface area (Å²) >= 11 is 6.24. The molecular formula is C26H29ClFN3O. The number of nitrogens with two attached hydrogens (primary N) is 1. The fourth-order valence-electron chi connectivity index (χ4n) is 4.38. The average molecular weight is 454 g/mol. The number of halogens is 2. The highest BCUT2D eigenvalue weighted by Crippen LogP contribution is 2.35. The van der Waals surface area contributed by atoms with Crippen molar-refractivity contribution in [3.05, 3.63) is 58.5 Å². The number of ketones is 1. The number of aromatic nitrogens is 1. The van der Waals surface area contributed by atoms with Gasteiger partial charge < -0.3 is 11.1 Å². The third-order valence-electron chi connectivity index (χ3n) is 6.38. The predicted molar refractivity (Wildman–Crippen MR) is 130 cm³/mol. The Balaban J connectivity index is 1.83. The van der Waals surface area contributed by atoms with E-state index >= 15 is 0 Å². The van der Waals surface area contributed by atoms with Crippen molar-refractivity contribution in [1.82, 2.24) is 4.98 Å². The number of hydrogen-bond donors (Lipinski definition) is 2. The molecule has 0 bridgehead atoms. The maximum Gasteiger partial charge on any atom is 0.166 e. The summed E-state index contributed by atoms with van der Waals surface area (Å²) in [5.41, 5.74) is 10.3. The van der Waals surface area contributed by atoms with Crippen LogP contribution in [0.1, 0.15) is 61.4 Å². The van der Waals surface area contributed by atoms with Crippen LogP contribution < -0.4 is 11.1 Å². The van der Waals surface area contributed by atoms with Gasteiger partial charge in [-0.1, -0.05) is 24.6 Å². The van der Waals surface area contributed by atoms with Crippen LogP contribution in [-0.2, 0) is 0 Å². The van der Waals surface area contributed by atoms with Gasteiger partial charge in [-0.05, 0) is 74.4 Å². The Labute approximate surface area is 193 Å². The fraction of sp³-hybridized carbons (Fsp3) is 0.385. The Morgan fingerprint density at radius 2 is 1.94 bits per heavy atom.